The Morgan fingerprint density at radius 2 is 1.63 bits per heavy atom. The molecule has 148 valence electrons. The molecule has 0 saturated carbocycles. The van der Waals surface area contributed by atoms with Gasteiger partial charge in [0.2, 0.25) is 0 Å². The summed E-state index contributed by atoms with van der Waals surface area (Å²) in [6.07, 6.45) is 1.93. The Kier molecular flexibility index (Phi) is 9.15. The van der Waals surface area contributed by atoms with Crippen LogP contribution in [-0.4, -0.2) is 33.1 Å². The topological polar surface area (TPSA) is 124 Å². The largest absolute Gasteiger partial charge is 0.481 e. The van der Waals surface area contributed by atoms with Crippen molar-refractivity contribution in [2.45, 2.75) is 45.6 Å². The highest BCUT2D eigenvalue weighted by Gasteiger charge is 2.30. The third-order valence-electron chi connectivity index (χ3n) is 3.87. The molecule has 7 nitrogen and oxygen atoms in total. The first kappa shape index (κ1) is 22.8. The average Bonchev–Trinajstić information content (AvgIpc) is 2.64. The molecular formula is C19H26NO6P. The molecule has 27 heavy (non-hydrogen) atoms. The Balaban J connectivity index is 0.000000828. The zero-order valence-electron chi connectivity index (χ0n) is 15.5. The van der Waals surface area contributed by atoms with E-state index in [1.54, 1.807) is 36.4 Å². The first-order valence-corrected chi connectivity index (χ1v) is 10.4. The summed E-state index contributed by atoms with van der Waals surface area (Å²) in [6.45, 7) is 4.36. The van der Waals surface area contributed by atoms with Crippen LogP contribution in [0.4, 0.5) is 0 Å². The molecule has 4 N–H and O–H groups in total. The number of carboxylic acids is 2. The second-order valence-corrected chi connectivity index (χ2v) is 7.92. The molecule has 0 heterocycles. The predicted molar refractivity (Wildman–Crippen MR) is 105 cm³/mol. The maximum absolute atomic E-state index is 12.6. The van der Waals surface area contributed by atoms with Crippen LogP contribution in [-0.2, 0) is 14.2 Å². The van der Waals surface area contributed by atoms with Gasteiger partial charge in [0.1, 0.15) is 6.04 Å². The summed E-state index contributed by atoms with van der Waals surface area (Å²) in [5, 5.41) is 21.4. The number of carbonyl (C=O) groups is 2. The van der Waals surface area contributed by atoms with Crippen LogP contribution in [0.5, 0.6) is 0 Å². The molecule has 0 aliphatic heterocycles. The van der Waals surface area contributed by atoms with Gasteiger partial charge in [-0.1, -0.05) is 63.1 Å². The van der Waals surface area contributed by atoms with Crippen molar-refractivity contribution in [2.24, 2.45) is 0 Å². The van der Waals surface area contributed by atoms with Crippen molar-refractivity contribution >= 4 is 35.5 Å². The molecule has 2 aromatic carbocycles. The van der Waals surface area contributed by atoms with E-state index in [2.05, 4.69) is 18.9 Å². The first-order valence-electron chi connectivity index (χ1n) is 8.76. The number of benzene rings is 2. The second-order valence-electron chi connectivity index (χ2n) is 6.03. The molecule has 0 aliphatic rings. The van der Waals surface area contributed by atoms with Crippen molar-refractivity contribution in [2.75, 3.05) is 0 Å². The van der Waals surface area contributed by atoms with Crippen LogP contribution >= 0.6 is 7.52 Å². The molecule has 2 aromatic rings. The molecule has 0 radical (unpaired) electrons. The summed E-state index contributed by atoms with van der Waals surface area (Å²) < 4.78 is 12.6. The van der Waals surface area contributed by atoms with Crippen LogP contribution in [0.2, 0.25) is 0 Å². The highest BCUT2D eigenvalue weighted by atomic mass is 31.2. The Morgan fingerprint density at radius 3 is 2.19 bits per heavy atom. The van der Waals surface area contributed by atoms with Crippen LogP contribution in [0, 0.1) is 0 Å². The Labute approximate surface area is 158 Å². The fourth-order valence-corrected chi connectivity index (χ4v) is 3.88. The number of unbranched alkanes of at least 4 members (excludes halogenated alkanes) is 1. The standard InChI is InChI=1S/C15H16NO6P.C4H10/c17-14(18)9-8-12(15(19)20)16-23(21,22)13-7-3-5-10-4-1-2-6-11(10)13;1-3-4-2/h1-7,12H,8-9H2,(H,17,18)(H,19,20)(H2,16,21,22);3-4H2,1-2H3. The van der Waals surface area contributed by atoms with Crippen LogP contribution in [0.25, 0.3) is 10.8 Å². The van der Waals surface area contributed by atoms with E-state index in [9.17, 15) is 19.0 Å². The molecule has 0 saturated heterocycles. The van der Waals surface area contributed by atoms with Gasteiger partial charge in [0.25, 0.3) is 7.52 Å². The highest BCUT2D eigenvalue weighted by Crippen LogP contribution is 2.38. The fourth-order valence-electron chi connectivity index (χ4n) is 2.26. The maximum Gasteiger partial charge on any atom is 0.321 e. The lowest BCUT2D eigenvalue weighted by atomic mass is 10.1. The SMILES string of the molecule is CCCC.O=C(O)CCC(NP(=O)(O)c1cccc2ccccc12)C(=O)O. The summed E-state index contributed by atoms with van der Waals surface area (Å²) in [5.41, 5.74) is 0. The van der Waals surface area contributed by atoms with Gasteiger partial charge in [0, 0.05) is 6.42 Å². The normalized spacial score (nSPS) is 13.9. The number of hydrogen-bond acceptors (Lipinski definition) is 3. The van der Waals surface area contributed by atoms with E-state index in [4.69, 9.17) is 10.2 Å². The summed E-state index contributed by atoms with van der Waals surface area (Å²) in [6, 6.07) is 10.3. The maximum atomic E-state index is 12.6. The third-order valence-corrected chi connectivity index (χ3v) is 5.57. The van der Waals surface area contributed by atoms with Gasteiger partial charge < -0.3 is 15.1 Å². The van der Waals surface area contributed by atoms with Crippen molar-refractivity contribution in [3.8, 4) is 0 Å². The molecule has 0 fully saturated rings. The first-order chi connectivity index (χ1) is 12.7. The van der Waals surface area contributed by atoms with Crippen molar-refractivity contribution in [1.82, 2.24) is 5.09 Å². The summed E-state index contributed by atoms with van der Waals surface area (Å²) >= 11 is 0. The Morgan fingerprint density at radius 1 is 1.04 bits per heavy atom. The van der Waals surface area contributed by atoms with Gasteiger partial charge in [0.15, 0.2) is 0 Å². The number of rotatable bonds is 8. The molecule has 0 aliphatic carbocycles. The van der Waals surface area contributed by atoms with Gasteiger partial charge in [-0.15, -0.1) is 0 Å². The van der Waals surface area contributed by atoms with E-state index >= 15 is 0 Å². The molecule has 0 spiro atoms. The molecule has 8 heteroatoms. The molecule has 2 rings (SSSR count). The lowest BCUT2D eigenvalue weighted by molar-refractivity contribution is -0.140. The van der Waals surface area contributed by atoms with Crippen molar-refractivity contribution < 1.29 is 29.3 Å². The Bertz CT molecular complexity index is 815. The monoisotopic (exact) mass is 395 g/mol. The van der Waals surface area contributed by atoms with Crippen molar-refractivity contribution in [3.05, 3.63) is 42.5 Å². The smallest absolute Gasteiger partial charge is 0.321 e. The minimum Gasteiger partial charge on any atom is -0.481 e. The predicted octanol–water partition coefficient (Wildman–Crippen LogP) is 3.36. The average molecular weight is 395 g/mol. The van der Waals surface area contributed by atoms with E-state index < -0.39 is 31.9 Å². The van der Waals surface area contributed by atoms with Gasteiger partial charge in [-0.05, 0) is 23.3 Å². The number of aliphatic carboxylic acids is 2. The quantitative estimate of drug-likeness (QED) is 0.505. The van der Waals surface area contributed by atoms with Crippen LogP contribution in [0.3, 0.4) is 0 Å². The highest BCUT2D eigenvalue weighted by molar-refractivity contribution is 7.64. The zero-order valence-corrected chi connectivity index (χ0v) is 16.4. The van der Waals surface area contributed by atoms with Crippen LogP contribution < -0.4 is 10.4 Å². The van der Waals surface area contributed by atoms with Crippen LogP contribution in [0.1, 0.15) is 39.5 Å². The summed E-state index contributed by atoms with van der Waals surface area (Å²) in [5.74, 6) is -2.54. The number of carboxylic acid groups (broad SMARTS) is 2. The van der Waals surface area contributed by atoms with Gasteiger partial charge in [0.05, 0.1) is 5.30 Å². The van der Waals surface area contributed by atoms with Crippen molar-refractivity contribution in [1.29, 1.82) is 0 Å². The van der Waals surface area contributed by atoms with Gasteiger partial charge in [-0.2, -0.15) is 0 Å². The Hall–Kier alpha value is -2.21. The fraction of sp³-hybridized carbons (Fsp3) is 0.368. The molecule has 0 bridgehead atoms. The van der Waals surface area contributed by atoms with E-state index in [-0.39, 0.29) is 11.7 Å². The second kappa shape index (κ2) is 10.8. The van der Waals surface area contributed by atoms with Crippen LogP contribution in [0.15, 0.2) is 42.5 Å². The number of hydrogen-bond donors (Lipinski definition) is 4. The molecule has 0 amide bonds. The van der Waals surface area contributed by atoms with E-state index in [1.807, 2.05) is 0 Å². The minimum absolute atomic E-state index is 0.0946. The van der Waals surface area contributed by atoms with Gasteiger partial charge in [-0.3, -0.25) is 14.2 Å². The van der Waals surface area contributed by atoms with Gasteiger partial charge >= 0.3 is 11.9 Å². The molecular weight excluding hydrogens is 369 g/mol. The molecule has 0 aromatic heterocycles. The van der Waals surface area contributed by atoms with E-state index in [0.29, 0.717) is 5.39 Å². The van der Waals surface area contributed by atoms with E-state index in [0.717, 1.165) is 5.39 Å². The lowest BCUT2D eigenvalue weighted by Gasteiger charge is -2.20. The number of fused-ring (bicyclic) bond motifs is 1. The third kappa shape index (κ3) is 7.13. The van der Waals surface area contributed by atoms with Gasteiger partial charge in [-0.25, -0.2) is 5.09 Å². The number of nitrogens with one attached hydrogen (secondary N) is 1. The minimum atomic E-state index is -4.18. The van der Waals surface area contributed by atoms with Crippen molar-refractivity contribution in [3.63, 3.8) is 0 Å². The molecule has 2 unspecified atom stereocenters. The zero-order chi connectivity index (χ0) is 20.4. The summed E-state index contributed by atoms with van der Waals surface area (Å²) in [7, 11) is -4.18. The lowest BCUT2D eigenvalue weighted by Crippen LogP contribution is -2.37. The van der Waals surface area contributed by atoms with E-state index in [1.165, 1.54) is 18.9 Å². The molecule has 2 atom stereocenters. The summed E-state index contributed by atoms with van der Waals surface area (Å²) in [4.78, 5) is 32.1.